The molecule has 0 aliphatic rings. The van der Waals surface area contributed by atoms with E-state index in [4.69, 9.17) is 4.74 Å². The summed E-state index contributed by atoms with van der Waals surface area (Å²) in [5.74, 6) is 0.221. The number of amides is 2. The zero-order valence-corrected chi connectivity index (χ0v) is 12.6. The van der Waals surface area contributed by atoms with Crippen molar-refractivity contribution >= 4 is 29.6 Å². The van der Waals surface area contributed by atoms with Crippen LogP contribution in [-0.4, -0.2) is 34.5 Å². The summed E-state index contributed by atoms with van der Waals surface area (Å²) >= 11 is 1.09. The van der Waals surface area contributed by atoms with Crippen LogP contribution in [0.15, 0.2) is 29.4 Å². The van der Waals surface area contributed by atoms with E-state index in [2.05, 4.69) is 19.4 Å². The van der Waals surface area contributed by atoms with Gasteiger partial charge in [-0.05, 0) is 19.1 Å². The molecule has 1 aromatic carbocycles. The molecule has 1 N–H and O–H groups in total. The van der Waals surface area contributed by atoms with Crippen molar-refractivity contribution in [2.75, 3.05) is 7.11 Å². The zero-order valence-electron chi connectivity index (χ0n) is 11.8. The second-order valence-electron chi connectivity index (χ2n) is 3.92. The Morgan fingerprint density at radius 1 is 1.41 bits per heavy atom. The Morgan fingerprint density at radius 2 is 2.18 bits per heavy atom. The first-order valence-corrected chi connectivity index (χ1v) is 6.86. The van der Waals surface area contributed by atoms with E-state index in [0.717, 1.165) is 11.5 Å². The summed E-state index contributed by atoms with van der Waals surface area (Å²) in [7, 11) is 1.30. The fourth-order valence-electron chi connectivity index (χ4n) is 1.59. The number of rotatable bonds is 6. The van der Waals surface area contributed by atoms with Crippen LogP contribution in [0.3, 0.4) is 0 Å². The van der Waals surface area contributed by atoms with Crippen molar-refractivity contribution in [3.8, 4) is 10.9 Å². The van der Waals surface area contributed by atoms with Crippen molar-refractivity contribution in [1.82, 2.24) is 14.7 Å². The molecule has 0 radical (unpaired) electrons. The van der Waals surface area contributed by atoms with Gasteiger partial charge < -0.3 is 9.57 Å². The quantitative estimate of drug-likeness (QED) is 0.488. The number of hydrogen-bond donors (Lipinski definition) is 1. The molecule has 0 atom stereocenters. The van der Waals surface area contributed by atoms with Crippen LogP contribution in [0.25, 0.3) is 0 Å². The molecule has 0 spiro atoms. The number of nitrogens with zero attached hydrogens (tertiary/aromatic N) is 3. The number of para-hydroxylation sites is 1. The normalized spacial score (nSPS) is 10.9. The van der Waals surface area contributed by atoms with Crippen LogP contribution in [0.2, 0.25) is 0 Å². The molecule has 2 amide bonds. The van der Waals surface area contributed by atoms with Gasteiger partial charge in [0.05, 0.1) is 5.56 Å². The number of hydrogen-bond acceptors (Lipinski definition) is 8. The third-order valence-electron chi connectivity index (χ3n) is 2.44. The monoisotopic (exact) mass is 320 g/mol. The zero-order chi connectivity index (χ0) is 15.9. The summed E-state index contributed by atoms with van der Waals surface area (Å²) in [6, 6.07) is 6.69. The van der Waals surface area contributed by atoms with E-state index >= 15 is 0 Å². The molecule has 1 aromatic heterocycles. The van der Waals surface area contributed by atoms with Crippen LogP contribution >= 0.6 is 11.5 Å². The fraction of sp³-hybridized carbons (Fsp3) is 0.154. The molecule has 0 unspecified atom stereocenters. The van der Waals surface area contributed by atoms with Crippen LogP contribution in [-0.2, 0) is 14.4 Å². The van der Waals surface area contributed by atoms with Gasteiger partial charge in [-0.2, -0.15) is 9.36 Å². The highest BCUT2D eigenvalue weighted by atomic mass is 32.1. The van der Waals surface area contributed by atoms with Gasteiger partial charge in [0.15, 0.2) is 5.71 Å². The second kappa shape index (κ2) is 7.27. The topological polar surface area (TPSA) is 103 Å². The smallest absolute Gasteiger partial charge is 0.298 e. The van der Waals surface area contributed by atoms with Gasteiger partial charge in [-0.3, -0.25) is 14.9 Å². The summed E-state index contributed by atoms with van der Waals surface area (Å²) in [4.78, 5) is 31.1. The minimum Gasteiger partial charge on any atom is -0.429 e. The number of oxime groups is 1. The van der Waals surface area contributed by atoms with Gasteiger partial charge in [0.1, 0.15) is 18.7 Å². The second-order valence-corrected chi connectivity index (χ2v) is 4.63. The van der Waals surface area contributed by atoms with Crippen LogP contribution in [0.1, 0.15) is 11.4 Å². The van der Waals surface area contributed by atoms with E-state index in [1.165, 1.54) is 7.11 Å². The highest BCUT2D eigenvalue weighted by Crippen LogP contribution is 2.27. The van der Waals surface area contributed by atoms with Crippen molar-refractivity contribution in [3.05, 3.63) is 35.7 Å². The maximum absolute atomic E-state index is 11.9. The molecule has 0 saturated heterocycles. The SMILES string of the molecule is CO/N=C(/C(=O)NC=O)c1ccccc1Oc1nc(C)ns1. The lowest BCUT2D eigenvalue weighted by Gasteiger charge is -2.09. The summed E-state index contributed by atoms with van der Waals surface area (Å²) < 4.78 is 9.64. The molecule has 0 aliphatic heterocycles. The summed E-state index contributed by atoms with van der Waals surface area (Å²) in [6.45, 7) is 1.74. The van der Waals surface area contributed by atoms with E-state index in [9.17, 15) is 9.59 Å². The molecule has 8 nitrogen and oxygen atoms in total. The van der Waals surface area contributed by atoms with Gasteiger partial charge in [-0.25, -0.2) is 0 Å². The molecule has 0 aliphatic carbocycles. The lowest BCUT2D eigenvalue weighted by molar-refractivity contribution is -0.120. The van der Waals surface area contributed by atoms with Gasteiger partial charge in [0.2, 0.25) is 6.41 Å². The highest BCUT2D eigenvalue weighted by molar-refractivity contribution is 7.07. The number of ether oxygens (including phenoxy) is 1. The predicted octanol–water partition coefficient (Wildman–Crippen LogP) is 1.26. The third-order valence-corrected chi connectivity index (χ3v) is 3.12. The molecule has 0 saturated carbocycles. The molecule has 22 heavy (non-hydrogen) atoms. The average Bonchev–Trinajstić information content (AvgIpc) is 2.91. The van der Waals surface area contributed by atoms with Gasteiger partial charge >= 0.3 is 0 Å². The molecular weight excluding hydrogens is 308 g/mol. The summed E-state index contributed by atoms with van der Waals surface area (Å²) in [5, 5.41) is 6.00. The van der Waals surface area contributed by atoms with Gasteiger partial charge in [-0.1, -0.05) is 17.3 Å². The third kappa shape index (κ3) is 3.64. The number of nitrogens with one attached hydrogen (secondary N) is 1. The van der Waals surface area contributed by atoms with Crippen LogP contribution in [0.5, 0.6) is 10.9 Å². The Morgan fingerprint density at radius 3 is 2.82 bits per heavy atom. The summed E-state index contributed by atoms with van der Waals surface area (Å²) in [5.41, 5.74) is 0.267. The number of aromatic nitrogens is 2. The predicted molar refractivity (Wildman–Crippen MR) is 78.9 cm³/mol. The first kappa shape index (κ1) is 15.6. The maximum atomic E-state index is 11.9. The van der Waals surface area contributed by atoms with Crippen molar-refractivity contribution in [3.63, 3.8) is 0 Å². The van der Waals surface area contributed by atoms with Crippen molar-refractivity contribution in [2.24, 2.45) is 5.16 Å². The van der Waals surface area contributed by atoms with E-state index in [0.29, 0.717) is 22.3 Å². The van der Waals surface area contributed by atoms with E-state index in [1.807, 2.05) is 5.32 Å². The van der Waals surface area contributed by atoms with Crippen LogP contribution in [0.4, 0.5) is 0 Å². The Hall–Kier alpha value is -2.81. The number of carbonyl (C=O) groups excluding carboxylic acids is 2. The molecule has 1 heterocycles. The van der Waals surface area contributed by atoms with Crippen LogP contribution < -0.4 is 10.1 Å². The first-order chi connectivity index (χ1) is 10.7. The molecule has 0 bridgehead atoms. The Bertz CT molecular complexity index is 714. The van der Waals surface area contributed by atoms with Crippen molar-refractivity contribution in [2.45, 2.75) is 6.92 Å². The molecule has 0 fully saturated rings. The van der Waals surface area contributed by atoms with Crippen molar-refractivity contribution in [1.29, 1.82) is 0 Å². The lowest BCUT2D eigenvalue weighted by Crippen LogP contribution is -2.31. The average molecular weight is 320 g/mol. The molecule has 114 valence electrons. The lowest BCUT2D eigenvalue weighted by atomic mass is 10.1. The number of carbonyl (C=O) groups is 2. The minimum absolute atomic E-state index is 0.0913. The van der Waals surface area contributed by atoms with Crippen LogP contribution in [0, 0.1) is 6.92 Å². The molecular formula is C13H12N4O4S. The van der Waals surface area contributed by atoms with Crippen molar-refractivity contribution < 1.29 is 19.2 Å². The number of aryl methyl sites for hydroxylation is 1. The number of benzene rings is 1. The van der Waals surface area contributed by atoms with E-state index in [1.54, 1.807) is 31.2 Å². The first-order valence-electron chi connectivity index (χ1n) is 6.09. The Balaban J connectivity index is 2.38. The maximum Gasteiger partial charge on any atom is 0.298 e. The fourth-order valence-corrected chi connectivity index (χ4v) is 2.14. The molecule has 2 rings (SSSR count). The molecule has 9 heteroatoms. The highest BCUT2D eigenvalue weighted by Gasteiger charge is 2.20. The van der Waals surface area contributed by atoms with Gasteiger partial charge in [0, 0.05) is 11.5 Å². The van der Waals surface area contributed by atoms with E-state index in [-0.39, 0.29) is 12.1 Å². The standard InChI is InChI=1S/C13H12N4O4S/c1-8-15-13(22-17-8)21-10-6-4-3-5-9(10)11(16-20-2)12(19)14-7-18/h3-7H,1-2H3,(H,14,18,19)/b16-11+. The van der Waals surface area contributed by atoms with Gasteiger partial charge in [-0.15, -0.1) is 0 Å². The Labute approximate surface area is 129 Å². The minimum atomic E-state index is -0.707. The molecule has 2 aromatic rings. The summed E-state index contributed by atoms with van der Waals surface area (Å²) in [6.07, 6.45) is 0.269. The van der Waals surface area contributed by atoms with E-state index < -0.39 is 5.91 Å². The largest absolute Gasteiger partial charge is 0.429 e. The Kier molecular flexibility index (Phi) is 5.15. The number of imide groups is 1. The van der Waals surface area contributed by atoms with Gasteiger partial charge in [0.25, 0.3) is 11.1 Å².